The maximum Gasteiger partial charge on any atom is 0.454 e. The molecule has 11 heteroatoms. The maximum atomic E-state index is 14.3. The van der Waals surface area contributed by atoms with Crippen LogP contribution in [0.3, 0.4) is 0 Å². The highest BCUT2D eigenvalue weighted by Crippen LogP contribution is 2.50. The van der Waals surface area contributed by atoms with Gasteiger partial charge in [-0.3, -0.25) is 4.90 Å². The highest BCUT2D eigenvalue weighted by Gasteiger charge is 2.58. The first kappa shape index (κ1) is 23.8. The molecular formula is C22H25F6N3O2. The molecule has 5 nitrogen and oxygen atoms in total. The molecule has 0 spiro atoms. The molecule has 1 aliphatic heterocycles. The van der Waals surface area contributed by atoms with Crippen molar-refractivity contribution in [3.05, 3.63) is 29.9 Å². The van der Waals surface area contributed by atoms with E-state index in [9.17, 15) is 26.3 Å². The van der Waals surface area contributed by atoms with E-state index >= 15 is 0 Å². The molecule has 4 rings (SSSR count). The van der Waals surface area contributed by atoms with Crippen LogP contribution < -0.4 is 4.74 Å². The minimum absolute atomic E-state index is 0.102. The third-order valence-electron chi connectivity index (χ3n) is 6.51. The first-order chi connectivity index (χ1) is 15.5. The molecule has 2 aromatic rings. The smallest absolute Gasteiger partial charge is 0.454 e. The zero-order chi connectivity index (χ0) is 23.8. The Morgan fingerprint density at radius 2 is 1.85 bits per heavy atom. The van der Waals surface area contributed by atoms with E-state index in [1.54, 1.807) is 13.0 Å². The highest BCUT2D eigenvalue weighted by atomic mass is 19.4. The molecule has 0 bridgehead atoms. The van der Waals surface area contributed by atoms with Gasteiger partial charge in [0.1, 0.15) is 11.6 Å². The number of rotatable bonds is 8. The summed E-state index contributed by atoms with van der Waals surface area (Å²) in [7, 11) is 0. The number of alkyl halides is 5. The van der Waals surface area contributed by atoms with Crippen molar-refractivity contribution in [1.82, 2.24) is 15.1 Å². The second kappa shape index (κ2) is 9.15. The van der Waals surface area contributed by atoms with Crippen LogP contribution in [0.15, 0.2) is 22.6 Å². The van der Waals surface area contributed by atoms with Crippen LogP contribution in [0.25, 0.3) is 11.5 Å². The average Bonchev–Trinajstić information content (AvgIpc) is 3.38. The van der Waals surface area contributed by atoms with Gasteiger partial charge >= 0.3 is 12.1 Å². The SMILES string of the molecule is Cc1nnc(-c2ccc(OCC[C@@H]3C[C@@H]3C3CCN(CC(F)(F)C(F)(F)F)CC3)cc2F)o1. The monoisotopic (exact) mass is 477 g/mol. The predicted molar refractivity (Wildman–Crippen MR) is 106 cm³/mol. The predicted octanol–water partition coefficient (Wildman–Crippen LogP) is 5.50. The molecule has 2 aliphatic rings. The zero-order valence-corrected chi connectivity index (χ0v) is 18.0. The topological polar surface area (TPSA) is 51.4 Å². The van der Waals surface area contributed by atoms with Gasteiger partial charge in [0.05, 0.1) is 18.7 Å². The molecule has 0 amide bonds. The van der Waals surface area contributed by atoms with Crippen molar-refractivity contribution in [2.24, 2.45) is 17.8 Å². The Kier molecular flexibility index (Phi) is 6.61. The molecule has 0 radical (unpaired) electrons. The van der Waals surface area contributed by atoms with Crippen LogP contribution >= 0.6 is 0 Å². The van der Waals surface area contributed by atoms with Gasteiger partial charge in [-0.25, -0.2) is 4.39 Å². The minimum Gasteiger partial charge on any atom is -0.493 e. The molecule has 1 aromatic carbocycles. The average molecular weight is 477 g/mol. The van der Waals surface area contributed by atoms with Crippen LogP contribution in [0.1, 0.15) is 31.6 Å². The van der Waals surface area contributed by atoms with Crippen LogP contribution in [0, 0.1) is 30.5 Å². The van der Waals surface area contributed by atoms with E-state index in [0.29, 0.717) is 48.8 Å². The second-order valence-corrected chi connectivity index (χ2v) is 8.88. The molecule has 2 atom stereocenters. The lowest BCUT2D eigenvalue weighted by molar-refractivity contribution is -0.287. The van der Waals surface area contributed by atoms with Crippen LogP contribution in [-0.2, 0) is 0 Å². The maximum absolute atomic E-state index is 14.3. The van der Waals surface area contributed by atoms with E-state index in [4.69, 9.17) is 9.15 Å². The van der Waals surface area contributed by atoms with Crippen molar-refractivity contribution in [3.63, 3.8) is 0 Å². The Bertz CT molecular complexity index is 956. The van der Waals surface area contributed by atoms with Gasteiger partial charge < -0.3 is 9.15 Å². The summed E-state index contributed by atoms with van der Waals surface area (Å²) in [5, 5.41) is 7.48. The second-order valence-electron chi connectivity index (χ2n) is 8.88. The van der Waals surface area contributed by atoms with E-state index in [2.05, 4.69) is 10.2 Å². The van der Waals surface area contributed by atoms with Crippen molar-refractivity contribution in [1.29, 1.82) is 0 Å². The normalized spacial score (nSPS) is 22.5. The number of ether oxygens (including phenoxy) is 1. The molecule has 0 N–H and O–H groups in total. The summed E-state index contributed by atoms with van der Waals surface area (Å²) in [5.74, 6) is -3.16. The molecule has 182 valence electrons. The van der Waals surface area contributed by atoms with Gasteiger partial charge in [-0.15, -0.1) is 10.2 Å². The Balaban J connectivity index is 1.18. The van der Waals surface area contributed by atoms with E-state index in [1.165, 1.54) is 17.0 Å². The fraction of sp³-hybridized carbons (Fsp3) is 0.636. The van der Waals surface area contributed by atoms with Crippen LogP contribution in [0.4, 0.5) is 26.3 Å². The first-order valence-corrected chi connectivity index (χ1v) is 10.9. The Hall–Kier alpha value is -2.30. The van der Waals surface area contributed by atoms with Crippen LogP contribution in [0.2, 0.25) is 0 Å². The fourth-order valence-electron chi connectivity index (χ4n) is 4.58. The molecule has 1 aromatic heterocycles. The lowest BCUT2D eigenvalue weighted by atomic mass is 9.90. The number of benzene rings is 1. The number of hydrogen-bond donors (Lipinski definition) is 0. The summed E-state index contributed by atoms with van der Waals surface area (Å²) in [4.78, 5) is 1.21. The molecule has 33 heavy (non-hydrogen) atoms. The molecule has 0 unspecified atom stereocenters. The standard InChI is InChI=1S/C22H25F6N3O2/c1-13-29-30-20(33-13)17-3-2-16(11-19(17)23)32-9-6-15-10-18(15)14-4-7-31(8-5-14)12-21(24,25)22(26,27)28/h2-3,11,14-15,18H,4-10,12H2,1H3/t15-,18-/m1/s1. The van der Waals surface area contributed by atoms with Crippen molar-refractivity contribution >= 4 is 0 Å². The molecule has 1 saturated carbocycles. The van der Waals surface area contributed by atoms with E-state index in [1.807, 2.05) is 0 Å². The van der Waals surface area contributed by atoms with Gasteiger partial charge in [-0.1, -0.05) is 0 Å². The van der Waals surface area contributed by atoms with E-state index in [0.717, 1.165) is 12.8 Å². The molecule has 1 aliphatic carbocycles. The Labute approximate surface area is 187 Å². The zero-order valence-electron chi connectivity index (χ0n) is 18.0. The number of likely N-dealkylation sites (tertiary alicyclic amines) is 1. The van der Waals surface area contributed by atoms with Crippen LogP contribution in [0.5, 0.6) is 5.75 Å². The highest BCUT2D eigenvalue weighted by molar-refractivity contribution is 5.55. The van der Waals surface area contributed by atoms with Crippen molar-refractivity contribution in [2.75, 3.05) is 26.2 Å². The molecule has 1 saturated heterocycles. The number of nitrogens with zero attached hydrogens (tertiary/aromatic N) is 3. The van der Waals surface area contributed by atoms with Gasteiger partial charge in [0.2, 0.25) is 5.89 Å². The van der Waals surface area contributed by atoms with Gasteiger partial charge in [0.25, 0.3) is 5.89 Å². The summed E-state index contributed by atoms with van der Waals surface area (Å²) in [6.07, 6.45) is -2.49. The summed E-state index contributed by atoms with van der Waals surface area (Å²) in [6.45, 7) is 1.26. The van der Waals surface area contributed by atoms with Gasteiger partial charge in [-0.05, 0) is 68.7 Å². The number of halogens is 6. The summed E-state index contributed by atoms with van der Waals surface area (Å²) < 4.78 is 88.9. The molecule has 2 fully saturated rings. The van der Waals surface area contributed by atoms with Crippen LogP contribution in [-0.4, -0.2) is 53.4 Å². The van der Waals surface area contributed by atoms with Crippen molar-refractivity contribution in [2.45, 2.75) is 44.7 Å². The quantitative estimate of drug-likeness (QED) is 0.470. The van der Waals surface area contributed by atoms with E-state index < -0.39 is 24.5 Å². The van der Waals surface area contributed by atoms with Crippen molar-refractivity contribution in [3.8, 4) is 17.2 Å². The van der Waals surface area contributed by atoms with Crippen molar-refractivity contribution < 1.29 is 35.5 Å². The number of hydrogen-bond acceptors (Lipinski definition) is 5. The lowest BCUT2D eigenvalue weighted by Crippen LogP contribution is -2.49. The number of piperidine rings is 1. The summed E-state index contributed by atoms with van der Waals surface area (Å²) in [5.41, 5.74) is 0.199. The third kappa shape index (κ3) is 5.62. The summed E-state index contributed by atoms with van der Waals surface area (Å²) in [6, 6.07) is 4.42. The minimum atomic E-state index is -5.51. The fourth-order valence-corrected chi connectivity index (χ4v) is 4.58. The molecular weight excluding hydrogens is 452 g/mol. The number of aryl methyl sites for hydroxylation is 1. The Morgan fingerprint density at radius 3 is 2.45 bits per heavy atom. The first-order valence-electron chi connectivity index (χ1n) is 10.9. The van der Waals surface area contributed by atoms with Gasteiger partial charge in [-0.2, -0.15) is 22.0 Å². The Morgan fingerprint density at radius 1 is 1.12 bits per heavy atom. The largest absolute Gasteiger partial charge is 0.493 e. The lowest BCUT2D eigenvalue weighted by Gasteiger charge is -2.34. The van der Waals surface area contributed by atoms with E-state index in [-0.39, 0.29) is 24.5 Å². The third-order valence-corrected chi connectivity index (χ3v) is 6.51. The summed E-state index contributed by atoms with van der Waals surface area (Å²) >= 11 is 0. The molecule has 2 heterocycles. The van der Waals surface area contributed by atoms with Gasteiger partial charge in [0, 0.05) is 13.0 Å². The van der Waals surface area contributed by atoms with Gasteiger partial charge in [0.15, 0.2) is 0 Å². The number of aromatic nitrogens is 2.